The fraction of sp³-hybridized carbons (Fsp3) is 0.350. The third-order valence-corrected chi connectivity index (χ3v) is 4.15. The van der Waals surface area contributed by atoms with Crippen LogP contribution in [0.2, 0.25) is 0 Å². The van der Waals surface area contributed by atoms with E-state index < -0.39 is 0 Å². The maximum Gasteiger partial charge on any atom is 0.315 e. The van der Waals surface area contributed by atoms with Crippen LogP contribution >= 0.6 is 0 Å². The lowest BCUT2D eigenvalue weighted by molar-refractivity contribution is 0.238. The van der Waals surface area contributed by atoms with Crippen molar-refractivity contribution in [1.82, 2.24) is 10.6 Å². The predicted molar refractivity (Wildman–Crippen MR) is 99.3 cm³/mol. The van der Waals surface area contributed by atoms with Gasteiger partial charge >= 0.3 is 6.03 Å². The Morgan fingerprint density at radius 1 is 0.960 bits per heavy atom. The summed E-state index contributed by atoms with van der Waals surface area (Å²) in [7, 11) is 3.23. The maximum absolute atomic E-state index is 12.1. The van der Waals surface area contributed by atoms with Crippen molar-refractivity contribution >= 4 is 6.03 Å². The normalized spacial score (nSPS) is 10.9. The molecule has 134 valence electrons. The Labute approximate surface area is 149 Å². The molecule has 0 aromatic heterocycles. The molecule has 0 bridgehead atoms. The number of carbonyl (C=O) groups is 1. The van der Waals surface area contributed by atoms with E-state index in [0.717, 1.165) is 11.1 Å². The summed E-state index contributed by atoms with van der Waals surface area (Å²) in [6.07, 6.45) is 0. The van der Waals surface area contributed by atoms with Crippen molar-refractivity contribution in [2.24, 2.45) is 0 Å². The average molecular weight is 342 g/mol. The van der Waals surface area contributed by atoms with Crippen LogP contribution in [0.4, 0.5) is 4.79 Å². The average Bonchev–Trinajstić information content (AvgIpc) is 2.65. The van der Waals surface area contributed by atoms with Crippen molar-refractivity contribution in [3.63, 3.8) is 0 Å². The minimum atomic E-state index is -0.246. The van der Waals surface area contributed by atoms with Gasteiger partial charge < -0.3 is 20.1 Å². The summed E-state index contributed by atoms with van der Waals surface area (Å²) >= 11 is 0. The van der Waals surface area contributed by atoms with Gasteiger partial charge in [-0.05, 0) is 23.3 Å². The van der Waals surface area contributed by atoms with Gasteiger partial charge in [0.1, 0.15) is 0 Å². The highest BCUT2D eigenvalue weighted by atomic mass is 16.5. The topological polar surface area (TPSA) is 59.6 Å². The molecule has 0 spiro atoms. The fourth-order valence-electron chi connectivity index (χ4n) is 2.50. The molecule has 0 aliphatic carbocycles. The molecule has 0 aliphatic rings. The summed E-state index contributed by atoms with van der Waals surface area (Å²) in [5, 5.41) is 5.80. The summed E-state index contributed by atoms with van der Waals surface area (Å²) in [4.78, 5) is 12.1. The quantitative estimate of drug-likeness (QED) is 0.810. The first-order valence-electron chi connectivity index (χ1n) is 8.24. The molecule has 2 aromatic carbocycles. The fourth-order valence-corrected chi connectivity index (χ4v) is 2.50. The Bertz CT molecular complexity index is 699. The zero-order valence-electron chi connectivity index (χ0n) is 15.3. The molecule has 5 nitrogen and oxygen atoms in total. The van der Waals surface area contributed by atoms with Crippen molar-refractivity contribution in [3.05, 3.63) is 59.7 Å². The predicted octanol–water partition coefficient (Wildman–Crippen LogP) is 3.48. The molecule has 5 heteroatoms. The summed E-state index contributed by atoms with van der Waals surface area (Å²) < 4.78 is 10.6. The molecule has 0 radical (unpaired) electrons. The number of urea groups is 1. The highest BCUT2D eigenvalue weighted by Gasteiger charge is 2.23. The third-order valence-electron chi connectivity index (χ3n) is 4.15. The monoisotopic (exact) mass is 342 g/mol. The van der Waals surface area contributed by atoms with E-state index in [0.29, 0.717) is 24.6 Å². The van der Waals surface area contributed by atoms with E-state index in [2.05, 4.69) is 24.5 Å². The van der Waals surface area contributed by atoms with Crippen LogP contribution in [0.5, 0.6) is 11.5 Å². The van der Waals surface area contributed by atoms with Gasteiger partial charge in [0, 0.05) is 18.5 Å². The third kappa shape index (κ3) is 5.14. The van der Waals surface area contributed by atoms with Crippen LogP contribution in [-0.2, 0) is 12.0 Å². The molecule has 2 rings (SSSR count). The molecule has 0 fully saturated rings. The van der Waals surface area contributed by atoms with E-state index in [4.69, 9.17) is 9.47 Å². The summed E-state index contributed by atoms with van der Waals surface area (Å²) in [6, 6.07) is 15.5. The molecule has 0 unspecified atom stereocenters. The van der Waals surface area contributed by atoms with Gasteiger partial charge in [-0.3, -0.25) is 0 Å². The van der Waals surface area contributed by atoms with Crippen molar-refractivity contribution in [1.29, 1.82) is 0 Å². The van der Waals surface area contributed by atoms with E-state index in [9.17, 15) is 4.79 Å². The molecule has 2 N–H and O–H groups in total. The summed E-state index contributed by atoms with van der Waals surface area (Å²) in [6.45, 7) is 5.16. The Morgan fingerprint density at radius 2 is 1.64 bits per heavy atom. The van der Waals surface area contributed by atoms with Crippen molar-refractivity contribution in [2.45, 2.75) is 25.8 Å². The van der Waals surface area contributed by atoms with E-state index in [1.807, 2.05) is 48.5 Å². The number of rotatable bonds is 7. The van der Waals surface area contributed by atoms with Gasteiger partial charge in [0.25, 0.3) is 0 Å². The second-order valence-electron chi connectivity index (χ2n) is 6.48. The van der Waals surface area contributed by atoms with Gasteiger partial charge in [-0.1, -0.05) is 50.2 Å². The molecule has 0 saturated carbocycles. The molecular weight excluding hydrogens is 316 g/mol. The lowest BCUT2D eigenvalue weighted by Crippen LogP contribution is -2.42. The zero-order chi connectivity index (χ0) is 18.3. The second kappa shape index (κ2) is 8.42. The molecule has 2 amide bonds. The summed E-state index contributed by atoms with van der Waals surface area (Å²) in [5.74, 6) is 1.37. The van der Waals surface area contributed by atoms with Crippen LogP contribution in [0.1, 0.15) is 25.0 Å². The van der Waals surface area contributed by atoms with Crippen LogP contribution in [0, 0.1) is 0 Å². The zero-order valence-corrected chi connectivity index (χ0v) is 15.3. The SMILES string of the molecule is COc1ccc(C(C)(C)CNC(=O)NCc2ccccc2)cc1OC. The molecule has 0 aliphatic heterocycles. The first-order valence-corrected chi connectivity index (χ1v) is 8.24. The molecule has 0 saturated heterocycles. The van der Waals surface area contributed by atoms with Gasteiger partial charge in [0.15, 0.2) is 11.5 Å². The number of ether oxygens (including phenoxy) is 2. The van der Waals surface area contributed by atoms with Crippen molar-refractivity contribution in [2.75, 3.05) is 20.8 Å². The highest BCUT2D eigenvalue weighted by molar-refractivity contribution is 5.74. The molecule has 0 heterocycles. The minimum absolute atomic E-state index is 0.183. The molecule has 0 atom stereocenters. The Hall–Kier alpha value is -2.69. The number of amides is 2. The van der Waals surface area contributed by atoms with Gasteiger partial charge in [0.05, 0.1) is 14.2 Å². The first kappa shape index (κ1) is 18.6. The molecular formula is C20H26N2O3. The van der Waals surface area contributed by atoms with E-state index >= 15 is 0 Å². The Balaban J connectivity index is 1.93. The molecule has 25 heavy (non-hydrogen) atoms. The van der Waals surface area contributed by atoms with Crippen LogP contribution in [0.15, 0.2) is 48.5 Å². The minimum Gasteiger partial charge on any atom is -0.493 e. The van der Waals surface area contributed by atoms with Gasteiger partial charge in [-0.2, -0.15) is 0 Å². The van der Waals surface area contributed by atoms with Crippen LogP contribution < -0.4 is 20.1 Å². The second-order valence-corrected chi connectivity index (χ2v) is 6.48. The smallest absolute Gasteiger partial charge is 0.315 e. The first-order chi connectivity index (χ1) is 12.0. The lowest BCUT2D eigenvalue weighted by Gasteiger charge is -2.26. The highest BCUT2D eigenvalue weighted by Crippen LogP contribution is 2.32. The Kier molecular flexibility index (Phi) is 6.28. The number of carbonyl (C=O) groups excluding carboxylic acids is 1. The van der Waals surface area contributed by atoms with Crippen LogP contribution in [0.25, 0.3) is 0 Å². The number of hydrogen-bond donors (Lipinski definition) is 2. The lowest BCUT2D eigenvalue weighted by atomic mass is 9.84. The van der Waals surface area contributed by atoms with Crippen molar-refractivity contribution < 1.29 is 14.3 Å². The van der Waals surface area contributed by atoms with Crippen LogP contribution in [0.3, 0.4) is 0 Å². The standard InChI is InChI=1S/C20H26N2O3/c1-20(2,16-10-11-17(24-3)18(12-16)25-4)14-22-19(23)21-13-15-8-6-5-7-9-15/h5-12H,13-14H2,1-4H3,(H2,21,22,23). The number of methoxy groups -OCH3 is 2. The van der Waals surface area contributed by atoms with E-state index in [-0.39, 0.29) is 11.4 Å². The van der Waals surface area contributed by atoms with E-state index in [1.54, 1.807) is 14.2 Å². The largest absolute Gasteiger partial charge is 0.493 e. The van der Waals surface area contributed by atoms with Gasteiger partial charge in [0.2, 0.25) is 0 Å². The van der Waals surface area contributed by atoms with Crippen molar-refractivity contribution in [3.8, 4) is 11.5 Å². The van der Waals surface area contributed by atoms with E-state index in [1.165, 1.54) is 0 Å². The number of nitrogens with one attached hydrogen (secondary N) is 2. The number of hydrogen-bond acceptors (Lipinski definition) is 3. The maximum atomic E-state index is 12.1. The number of benzene rings is 2. The van der Waals surface area contributed by atoms with Gasteiger partial charge in [-0.25, -0.2) is 4.79 Å². The van der Waals surface area contributed by atoms with Crippen LogP contribution in [-0.4, -0.2) is 26.8 Å². The molecule has 2 aromatic rings. The Morgan fingerprint density at radius 3 is 2.28 bits per heavy atom. The van der Waals surface area contributed by atoms with Gasteiger partial charge in [-0.15, -0.1) is 0 Å². The summed E-state index contributed by atoms with van der Waals surface area (Å²) in [5.41, 5.74) is 1.88.